The fraction of sp³-hybridized carbons (Fsp3) is 0.350. The van der Waals surface area contributed by atoms with Gasteiger partial charge in [-0.05, 0) is 38.5 Å². The normalized spacial score (nSPS) is 11.3. The molecule has 0 unspecified atom stereocenters. The zero-order chi connectivity index (χ0) is 20.1. The van der Waals surface area contributed by atoms with Gasteiger partial charge in [-0.2, -0.15) is 0 Å². The molecule has 0 atom stereocenters. The van der Waals surface area contributed by atoms with E-state index in [0.717, 1.165) is 35.1 Å². The Bertz CT molecular complexity index is 962. The molecule has 156 valence electrons. The SMILES string of the molecule is CN=C(NCCc1nc(C)c(C)s1)NCc1ccc(-n2ccnc2C)c(F)c1.I. The second kappa shape index (κ2) is 10.7. The van der Waals surface area contributed by atoms with Crippen LogP contribution >= 0.6 is 35.3 Å². The van der Waals surface area contributed by atoms with Crippen molar-refractivity contribution in [2.45, 2.75) is 33.7 Å². The minimum absolute atomic E-state index is 0. The average Bonchev–Trinajstić information content (AvgIpc) is 3.23. The van der Waals surface area contributed by atoms with Crippen LogP contribution in [0, 0.1) is 26.6 Å². The van der Waals surface area contributed by atoms with Crippen molar-refractivity contribution in [1.29, 1.82) is 0 Å². The van der Waals surface area contributed by atoms with Crippen LogP contribution in [0.2, 0.25) is 0 Å². The maximum absolute atomic E-state index is 14.5. The molecule has 1 aromatic carbocycles. The minimum Gasteiger partial charge on any atom is -0.356 e. The predicted octanol–water partition coefficient (Wildman–Crippen LogP) is 3.92. The number of rotatable bonds is 6. The lowest BCUT2D eigenvalue weighted by Crippen LogP contribution is -2.37. The highest BCUT2D eigenvalue weighted by atomic mass is 127. The number of aliphatic imine (C=N–C) groups is 1. The zero-order valence-electron chi connectivity index (χ0n) is 17.0. The Morgan fingerprint density at radius 3 is 2.62 bits per heavy atom. The van der Waals surface area contributed by atoms with Gasteiger partial charge in [0.2, 0.25) is 0 Å². The third-order valence-electron chi connectivity index (χ3n) is 4.49. The Labute approximate surface area is 191 Å². The summed E-state index contributed by atoms with van der Waals surface area (Å²) >= 11 is 1.73. The van der Waals surface area contributed by atoms with Gasteiger partial charge in [-0.15, -0.1) is 35.3 Å². The molecular weight excluding hydrogens is 502 g/mol. The number of guanidine groups is 1. The Morgan fingerprint density at radius 2 is 2.03 bits per heavy atom. The van der Waals surface area contributed by atoms with E-state index in [2.05, 4.69) is 32.5 Å². The first-order chi connectivity index (χ1) is 13.5. The molecule has 9 heteroatoms. The van der Waals surface area contributed by atoms with Crippen LogP contribution in [-0.2, 0) is 13.0 Å². The lowest BCUT2D eigenvalue weighted by molar-refractivity contribution is 0.613. The molecule has 2 N–H and O–H groups in total. The number of thiazole rings is 1. The number of nitrogens with one attached hydrogen (secondary N) is 2. The van der Waals surface area contributed by atoms with Gasteiger partial charge in [-0.1, -0.05) is 6.07 Å². The van der Waals surface area contributed by atoms with E-state index in [9.17, 15) is 4.39 Å². The van der Waals surface area contributed by atoms with E-state index in [1.54, 1.807) is 41.4 Å². The van der Waals surface area contributed by atoms with Crippen molar-refractivity contribution in [2.24, 2.45) is 4.99 Å². The Balaban J connectivity index is 0.00000300. The lowest BCUT2D eigenvalue weighted by atomic mass is 10.2. The van der Waals surface area contributed by atoms with Crippen LogP contribution in [0.4, 0.5) is 4.39 Å². The van der Waals surface area contributed by atoms with Gasteiger partial charge in [0.1, 0.15) is 11.6 Å². The summed E-state index contributed by atoms with van der Waals surface area (Å²) < 4.78 is 16.2. The molecule has 3 aromatic rings. The van der Waals surface area contributed by atoms with E-state index in [-0.39, 0.29) is 29.8 Å². The fourth-order valence-corrected chi connectivity index (χ4v) is 3.76. The van der Waals surface area contributed by atoms with Crippen LogP contribution in [0.15, 0.2) is 35.6 Å². The van der Waals surface area contributed by atoms with Crippen molar-refractivity contribution in [1.82, 2.24) is 25.2 Å². The van der Waals surface area contributed by atoms with Crippen molar-refractivity contribution in [3.8, 4) is 5.69 Å². The molecule has 2 aromatic heterocycles. The number of hydrogen-bond acceptors (Lipinski definition) is 4. The summed E-state index contributed by atoms with van der Waals surface area (Å²) in [6.07, 6.45) is 4.25. The van der Waals surface area contributed by atoms with Crippen molar-refractivity contribution in [3.05, 3.63) is 63.4 Å². The molecule has 0 saturated heterocycles. The number of aryl methyl sites for hydroxylation is 3. The number of hydrogen-bond donors (Lipinski definition) is 2. The van der Waals surface area contributed by atoms with Gasteiger partial charge in [0.05, 0.1) is 16.4 Å². The first-order valence-corrected chi connectivity index (χ1v) is 9.95. The highest BCUT2D eigenvalue weighted by Gasteiger charge is 2.09. The first-order valence-electron chi connectivity index (χ1n) is 9.14. The number of halogens is 2. The largest absolute Gasteiger partial charge is 0.356 e. The summed E-state index contributed by atoms with van der Waals surface area (Å²) in [4.78, 5) is 14.2. The van der Waals surface area contributed by atoms with Crippen molar-refractivity contribution in [2.75, 3.05) is 13.6 Å². The molecule has 0 amide bonds. The van der Waals surface area contributed by atoms with Gasteiger partial charge in [-0.3, -0.25) is 4.99 Å². The maximum atomic E-state index is 14.5. The molecule has 6 nitrogen and oxygen atoms in total. The third kappa shape index (κ3) is 5.99. The van der Waals surface area contributed by atoms with Crippen molar-refractivity contribution in [3.63, 3.8) is 0 Å². The second-order valence-corrected chi connectivity index (χ2v) is 7.77. The average molecular weight is 528 g/mol. The van der Waals surface area contributed by atoms with Gasteiger partial charge in [0, 0.05) is 43.8 Å². The number of imidazole rings is 1. The summed E-state index contributed by atoms with van der Waals surface area (Å²) in [5, 5.41) is 7.61. The Kier molecular flexibility index (Phi) is 8.57. The van der Waals surface area contributed by atoms with Crippen molar-refractivity contribution >= 4 is 41.3 Å². The molecule has 0 saturated carbocycles. The van der Waals surface area contributed by atoms with Crippen LogP contribution in [-0.4, -0.2) is 34.1 Å². The summed E-state index contributed by atoms with van der Waals surface area (Å²) in [6.45, 7) is 7.18. The molecule has 29 heavy (non-hydrogen) atoms. The maximum Gasteiger partial charge on any atom is 0.191 e. The standard InChI is InChI=1S/C20H25FN6S.HI/c1-13-14(2)28-19(26-13)7-8-24-20(22-4)25-12-16-5-6-18(17(21)11-16)27-10-9-23-15(27)3;/h5-6,9-11H,7-8,12H2,1-4H3,(H2,22,24,25);1H. The highest BCUT2D eigenvalue weighted by Crippen LogP contribution is 2.17. The fourth-order valence-electron chi connectivity index (χ4n) is 2.83. The van der Waals surface area contributed by atoms with E-state index < -0.39 is 0 Å². The smallest absolute Gasteiger partial charge is 0.191 e. The summed E-state index contributed by atoms with van der Waals surface area (Å²) in [7, 11) is 1.72. The quantitative estimate of drug-likeness (QED) is 0.289. The van der Waals surface area contributed by atoms with Crippen LogP contribution < -0.4 is 10.6 Å². The molecule has 2 heterocycles. The molecule has 0 bridgehead atoms. The Hall–Kier alpha value is -2.01. The third-order valence-corrected chi connectivity index (χ3v) is 5.62. The van der Waals surface area contributed by atoms with E-state index >= 15 is 0 Å². The predicted molar refractivity (Wildman–Crippen MR) is 127 cm³/mol. The number of nitrogens with zero attached hydrogens (tertiary/aromatic N) is 4. The van der Waals surface area contributed by atoms with Gasteiger partial charge >= 0.3 is 0 Å². The van der Waals surface area contributed by atoms with Crippen LogP contribution in [0.3, 0.4) is 0 Å². The molecule has 0 spiro atoms. The Morgan fingerprint density at radius 1 is 1.24 bits per heavy atom. The molecule has 0 aliphatic heterocycles. The summed E-state index contributed by atoms with van der Waals surface area (Å²) in [6, 6.07) is 5.21. The van der Waals surface area contributed by atoms with Gasteiger partial charge in [-0.25, -0.2) is 14.4 Å². The molecule has 0 radical (unpaired) electrons. The van der Waals surface area contributed by atoms with Gasteiger partial charge in [0.25, 0.3) is 0 Å². The van der Waals surface area contributed by atoms with E-state index in [1.165, 1.54) is 10.9 Å². The van der Waals surface area contributed by atoms with Crippen LogP contribution in [0.1, 0.15) is 27.0 Å². The number of benzene rings is 1. The van der Waals surface area contributed by atoms with Crippen molar-refractivity contribution < 1.29 is 4.39 Å². The van der Waals surface area contributed by atoms with Gasteiger partial charge in [0.15, 0.2) is 5.96 Å². The van der Waals surface area contributed by atoms with Crippen LogP contribution in [0.25, 0.3) is 5.69 Å². The van der Waals surface area contributed by atoms with Gasteiger partial charge < -0.3 is 15.2 Å². The van der Waals surface area contributed by atoms with E-state index in [1.807, 2.05) is 19.9 Å². The molecule has 0 aliphatic rings. The minimum atomic E-state index is -0.280. The zero-order valence-corrected chi connectivity index (χ0v) is 20.1. The lowest BCUT2D eigenvalue weighted by Gasteiger charge is -2.13. The van der Waals surface area contributed by atoms with E-state index in [4.69, 9.17) is 0 Å². The summed E-state index contributed by atoms with van der Waals surface area (Å²) in [5.74, 6) is 1.15. The summed E-state index contributed by atoms with van der Waals surface area (Å²) in [5.41, 5.74) is 2.43. The first kappa shape index (κ1) is 23.3. The monoisotopic (exact) mass is 528 g/mol. The molecule has 3 rings (SSSR count). The van der Waals surface area contributed by atoms with E-state index in [0.29, 0.717) is 18.2 Å². The molecule has 0 aliphatic carbocycles. The molecular formula is C20H26FIN6S. The molecule has 0 fully saturated rings. The van der Waals surface area contributed by atoms with Crippen LogP contribution in [0.5, 0.6) is 0 Å². The topological polar surface area (TPSA) is 67.1 Å². The second-order valence-electron chi connectivity index (χ2n) is 6.48. The number of aromatic nitrogens is 3. The highest BCUT2D eigenvalue weighted by molar-refractivity contribution is 14.0.